The topological polar surface area (TPSA) is 68.3 Å². The van der Waals surface area contributed by atoms with Gasteiger partial charge in [0.1, 0.15) is 0 Å². The van der Waals surface area contributed by atoms with E-state index in [0.717, 1.165) is 23.5 Å². The van der Waals surface area contributed by atoms with Gasteiger partial charge in [-0.25, -0.2) is 0 Å². The van der Waals surface area contributed by atoms with Crippen molar-refractivity contribution in [3.05, 3.63) is 23.3 Å². The predicted molar refractivity (Wildman–Crippen MR) is 57.8 cm³/mol. The summed E-state index contributed by atoms with van der Waals surface area (Å²) in [5.41, 5.74) is 7.45. The zero-order chi connectivity index (χ0) is 10.8. The quantitative estimate of drug-likeness (QED) is 0.575. The molecule has 1 aliphatic rings. The second kappa shape index (κ2) is 3.81. The van der Waals surface area contributed by atoms with Gasteiger partial charge in [-0.2, -0.15) is 0 Å². The number of fused-ring (bicyclic) bond motifs is 1. The first-order chi connectivity index (χ1) is 7.22. The summed E-state index contributed by atoms with van der Waals surface area (Å²) in [5, 5.41) is 7.28. The standard InChI is InChI=1S/C11H14N2O2/c1-14-10-8(6-9(12)13)3-2-7-4-5-15-11(7)10/h2-3H,4-6H2,1H3,(H3,12,13). The van der Waals surface area contributed by atoms with Crippen LogP contribution >= 0.6 is 0 Å². The fraction of sp³-hybridized carbons (Fsp3) is 0.364. The minimum Gasteiger partial charge on any atom is -0.493 e. The molecule has 0 amide bonds. The van der Waals surface area contributed by atoms with E-state index in [4.69, 9.17) is 20.6 Å². The van der Waals surface area contributed by atoms with Gasteiger partial charge in [-0.1, -0.05) is 12.1 Å². The number of benzene rings is 1. The molecule has 0 radical (unpaired) electrons. The summed E-state index contributed by atoms with van der Waals surface area (Å²) >= 11 is 0. The van der Waals surface area contributed by atoms with Crippen LogP contribution in [0.15, 0.2) is 12.1 Å². The van der Waals surface area contributed by atoms with Gasteiger partial charge in [0, 0.05) is 24.0 Å². The second-order valence-corrected chi connectivity index (χ2v) is 3.55. The highest BCUT2D eigenvalue weighted by Gasteiger charge is 2.20. The van der Waals surface area contributed by atoms with Gasteiger partial charge in [0.05, 0.1) is 19.6 Å². The van der Waals surface area contributed by atoms with Crippen LogP contribution < -0.4 is 15.2 Å². The van der Waals surface area contributed by atoms with Gasteiger partial charge in [-0.3, -0.25) is 5.41 Å². The number of hydrogen-bond acceptors (Lipinski definition) is 3. The molecule has 0 atom stereocenters. The molecule has 80 valence electrons. The van der Waals surface area contributed by atoms with E-state index in [2.05, 4.69) is 0 Å². The van der Waals surface area contributed by atoms with Crippen LogP contribution in [0.1, 0.15) is 11.1 Å². The van der Waals surface area contributed by atoms with E-state index in [1.807, 2.05) is 12.1 Å². The lowest BCUT2D eigenvalue weighted by atomic mass is 10.1. The number of nitrogens with one attached hydrogen (secondary N) is 1. The van der Waals surface area contributed by atoms with Crippen molar-refractivity contribution in [2.24, 2.45) is 5.73 Å². The van der Waals surface area contributed by atoms with Gasteiger partial charge in [-0.15, -0.1) is 0 Å². The lowest BCUT2D eigenvalue weighted by Crippen LogP contribution is -2.13. The van der Waals surface area contributed by atoms with Crippen molar-refractivity contribution in [1.29, 1.82) is 5.41 Å². The third kappa shape index (κ3) is 1.75. The number of methoxy groups -OCH3 is 1. The summed E-state index contributed by atoms with van der Waals surface area (Å²) in [6, 6.07) is 3.97. The Kier molecular flexibility index (Phi) is 2.49. The molecular weight excluding hydrogens is 192 g/mol. The van der Waals surface area contributed by atoms with Crippen LogP contribution in [0.2, 0.25) is 0 Å². The summed E-state index contributed by atoms with van der Waals surface area (Å²) in [4.78, 5) is 0. The molecule has 0 fully saturated rings. The Hall–Kier alpha value is -1.71. The van der Waals surface area contributed by atoms with Gasteiger partial charge in [-0.05, 0) is 0 Å². The number of ether oxygens (including phenoxy) is 2. The van der Waals surface area contributed by atoms with Crippen LogP contribution in [0.4, 0.5) is 0 Å². The molecular formula is C11H14N2O2. The van der Waals surface area contributed by atoms with Crippen LogP contribution in [-0.4, -0.2) is 19.6 Å². The molecule has 2 rings (SSSR count). The Morgan fingerprint density at radius 1 is 1.60 bits per heavy atom. The molecule has 0 saturated heterocycles. The van der Waals surface area contributed by atoms with Crippen molar-refractivity contribution in [2.45, 2.75) is 12.8 Å². The summed E-state index contributed by atoms with van der Waals surface area (Å²) < 4.78 is 10.8. The molecule has 0 spiro atoms. The van der Waals surface area contributed by atoms with Crippen molar-refractivity contribution < 1.29 is 9.47 Å². The molecule has 1 aliphatic heterocycles. The number of rotatable bonds is 3. The lowest BCUT2D eigenvalue weighted by Gasteiger charge is -2.11. The van der Waals surface area contributed by atoms with E-state index >= 15 is 0 Å². The zero-order valence-corrected chi connectivity index (χ0v) is 8.67. The van der Waals surface area contributed by atoms with Crippen LogP contribution in [0.5, 0.6) is 11.5 Å². The Labute approximate surface area is 88.5 Å². The smallest absolute Gasteiger partial charge is 0.164 e. The predicted octanol–water partition coefficient (Wildman–Crippen LogP) is 1.11. The highest BCUT2D eigenvalue weighted by molar-refractivity contribution is 5.80. The SMILES string of the molecule is COc1c(CC(=N)N)ccc2c1OCC2. The molecule has 15 heavy (non-hydrogen) atoms. The van der Waals surface area contributed by atoms with Gasteiger partial charge in [0.15, 0.2) is 11.5 Å². The molecule has 0 saturated carbocycles. The highest BCUT2D eigenvalue weighted by atomic mass is 16.5. The third-order valence-electron chi connectivity index (χ3n) is 2.48. The molecule has 1 aromatic carbocycles. The van der Waals surface area contributed by atoms with E-state index < -0.39 is 0 Å². The Morgan fingerprint density at radius 3 is 3.07 bits per heavy atom. The fourth-order valence-corrected chi connectivity index (χ4v) is 1.83. The minimum absolute atomic E-state index is 0.131. The largest absolute Gasteiger partial charge is 0.493 e. The van der Waals surface area contributed by atoms with Crippen molar-refractivity contribution in [3.8, 4) is 11.5 Å². The zero-order valence-electron chi connectivity index (χ0n) is 8.67. The maximum Gasteiger partial charge on any atom is 0.164 e. The monoisotopic (exact) mass is 206 g/mol. The molecule has 1 aromatic rings. The summed E-state index contributed by atoms with van der Waals surface area (Å²) in [6.45, 7) is 0.704. The molecule has 3 N–H and O–H groups in total. The van der Waals surface area contributed by atoms with Crippen LogP contribution in [-0.2, 0) is 12.8 Å². The summed E-state index contributed by atoms with van der Waals surface area (Å²) in [7, 11) is 1.61. The van der Waals surface area contributed by atoms with Crippen LogP contribution in [0.3, 0.4) is 0 Å². The average Bonchev–Trinajstić information content (AvgIpc) is 2.64. The van der Waals surface area contributed by atoms with Crippen molar-refractivity contribution in [1.82, 2.24) is 0 Å². The Balaban J connectivity index is 2.43. The fourth-order valence-electron chi connectivity index (χ4n) is 1.83. The van der Waals surface area contributed by atoms with Gasteiger partial charge >= 0.3 is 0 Å². The van der Waals surface area contributed by atoms with E-state index in [0.29, 0.717) is 13.0 Å². The second-order valence-electron chi connectivity index (χ2n) is 3.55. The number of hydrogen-bond donors (Lipinski definition) is 2. The first-order valence-corrected chi connectivity index (χ1v) is 4.87. The summed E-state index contributed by atoms with van der Waals surface area (Å²) in [6.07, 6.45) is 1.33. The first-order valence-electron chi connectivity index (χ1n) is 4.87. The third-order valence-corrected chi connectivity index (χ3v) is 2.48. The molecule has 4 nitrogen and oxygen atoms in total. The van der Waals surface area contributed by atoms with E-state index in [9.17, 15) is 0 Å². The number of nitrogens with two attached hydrogens (primary N) is 1. The molecule has 1 heterocycles. The van der Waals surface area contributed by atoms with Crippen molar-refractivity contribution in [3.63, 3.8) is 0 Å². The molecule has 0 unspecified atom stereocenters. The highest BCUT2D eigenvalue weighted by Crippen LogP contribution is 2.38. The average molecular weight is 206 g/mol. The van der Waals surface area contributed by atoms with Crippen molar-refractivity contribution >= 4 is 5.84 Å². The van der Waals surface area contributed by atoms with E-state index in [-0.39, 0.29) is 5.84 Å². The molecule has 4 heteroatoms. The van der Waals surface area contributed by atoms with E-state index in [1.54, 1.807) is 7.11 Å². The normalized spacial score (nSPS) is 13.1. The molecule has 0 bridgehead atoms. The maximum atomic E-state index is 7.28. The minimum atomic E-state index is 0.131. The number of amidine groups is 1. The Morgan fingerprint density at radius 2 is 2.40 bits per heavy atom. The van der Waals surface area contributed by atoms with Crippen LogP contribution in [0.25, 0.3) is 0 Å². The van der Waals surface area contributed by atoms with Gasteiger partial charge in [0.25, 0.3) is 0 Å². The Bertz CT molecular complexity index is 402. The van der Waals surface area contributed by atoms with Crippen LogP contribution in [0, 0.1) is 5.41 Å². The summed E-state index contributed by atoms with van der Waals surface area (Å²) in [5.74, 6) is 1.67. The molecule has 0 aliphatic carbocycles. The first kappa shape index (κ1) is 9.83. The maximum absolute atomic E-state index is 7.28. The lowest BCUT2D eigenvalue weighted by molar-refractivity contribution is 0.324. The molecule has 0 aromatic heterocycles. The van der Waals surface area contributed by atoms with Gasteiger partial charge in [0.2, 0.25) is 0 Å². The van der Waals surface area contributed by atoms with Gasteiger partial charge < -0.3 is 15.2 Å². The van der Waals surface area contributed by atoms with Crippen molar-refractivity contribution in [2.75, 3.05) is 13.7 Å². The van der Waals surface area contributed by atoms with E-state index in [1.165, 1.54) is 5.56 Å².